The van der Waals surface area contributed by atoms with E-state index in [1.54, 1.807) is 11.3 Å². The zero-order valence-electron chi connectivity index (χ0n) is 9.03. The van der Waals surface area contributed by atoms with Crippen LogP contribution >= 0.6 is 11.3 Å². The molecule has 1 N–H and O–H groups in total. The van der Waals surface area contributed by atoms with Crippen LogP contribution in [0.2, 0.25) is 0 Å². The maximum absolute atomic E-state index is 10.4. The molecule has 2 aromatic rings. The molecule has 0 aliphatic carbocycles. The van der Waals surface area contributed by atoms with Crippen LogP contribution in [0.3, 0.4) is 0 Å². The van der Waals surface area contributed by atoms with Gasteiger partial charge in [0.15, 0.2) is 0 Å². The molecule has 1 aromatic heterocycles. The van der Waals surface area contributed by atoms with Gasteiger partial charge in [-0.3, -0.25) is 0 Å². The summed E-state index contributed by atoms with van der Waals surface area (Å²) in [4.78, 5) is 4.27. The van der Waals surface area contributed by atoms with Crippen LogP contribution in [0.4, 0.5) is 0 Å². The van der Waals surface area contributed by atoms with Gasteiger partial charge in [0.05, 0.1) is 21.3 Å². The summed E-state index contributed by atoms with van der Waals surface area (Å²) < 4.78 is 1.17. The normalized spacial score (nSPS) is 12.2. The summed E-state index contributed by atoms with van der Waals surface area (Å²) in [5.41, 5.74) is 3.10. The van der Waals surface area contributed by atoms with Gasteiger partial charge < -0.3 is 5.11 Å². The molecular formula is C12H15NOS. The summed E-state index contributed by atoms with van der Waals surface area (Å²) in [6.45, 7) is 4.02. The second-order valence-electron chi connectivity index (χ2n) is 3.77. The third-order valence-corrected chi connectivity index (χ3v) is 3.85. The van der Waals surface area contributed by atoms with Crippen LogP contribution in [0, 0.1) is 0 Å². The zero-order chi connectivity index (χ0) is 10.9. The van der Waals surface area contributed by atoms with Crippen molar-refractivity contribution in [3.8, 4) is 0 Å². The molecule has 0 aliphatic heterocycles. The molecule has 2 nitrogen and oxygen atoms in total. The predicted octanol–water partition coefficient (Wildman–Crippen LogP) is 3.30. The number of hydrogen-bond donors (Lipinski definition) is 1. The molecule has 0 aliphatic rings. The monoisotopic (exact) mass is 221 g/mol. The zero-order valence-corrected chi connectivity index (χ0v) is 9.84. The van der Waals surface area contributed by atoms with Crippen molar-refractivity contribution in [1.29, 1.82) is 0 Å². The molecule has 0 saturated carbocycles. The van der Waals surface area contributed by atoms with Crippen LogP contribution in [-0.4, -0.2) is 10.1 Å². The van der Waals surface area contributed by atoms with Crippen molar-refractivity contribution in [2.24, 2.45) is 0 Å². The quantitative estimate of drug-likeness (QED) is 0.862. The first kappa shape index (κ1) is 10.6. The van der Waals surface area contributed by atoms with Gasteiger partial charge in [-0.15, -0.1) is 11.3 Å². The predicted molar refractivity (Wildman–Crippen MR) is 64.1 cm³/mol. The molecule has 0 amide bonds. The summed E-state index contributed by atoms with van der Waals surface area (Å²) in [7, 11) is 0. The van der Waals surface area contributed by atoms with E-state index in [0.717, 1.165) is 23.9 Å². The van der Waals surface area contributed by atoms with Gasteiger partial charge in [-0.1, -0.05) is 19.9 Å². The Balaban J connectivity index is 2.51. The molecular weight excluding hydrogens is 206 g/mol. The summed E-state index contributed by atoms with van der Waals surface area (Å²) in [6.07, 6.45) is 1.47. The first-order valence-electron chi connectivity index (χ1n) is 5.25. The van der Waals surface area contributed by atoms with E-state index in [4.69, 9.17) is 0 Å². The number of benzene rings is 1. The highest BCUT2D eigenvalue weighted by Crippen LogP contribution is 2.31. The molecule has 3 heteroatoms. The lowest BCUT2D eigenvalue weighted by Gasteiger charge is -2.25. The highest BCUT2D eigenvalue weighted by atomic mass is 32.1. The van der Waals surface area contributed by atoms with Crippen molar-refractivity contribution < 1.29 is 5.11 Å². The van der Waals surface area contributed by atoms with Crippen LogP contribution in [0.15, 0.2) is 23.7 Å². The van der Waals surface area contributed by atoms with Crippen LogP contribution in [0.1, 0.15) is 32.3 Å². The Labute approximate surface area is 93.6 Å². The lowest BCUT2D eigenvalue weighted by Crippen LogP contribution is -2.23. The first-order chi connectivity index (χ1) is 7.19. The van der Waals surface area contributed by atoms with E-state index in [1.807, 2.05) is 37.6 Å². The topological polar surface area (TPSA) is 33.1 Å². The highest BCUT2D eigenvalue weighted by Gasteiger charge is 2.24. The molecule has 1 aromatic carbocycles. The second kappa shape index (κ2) is 3.91. The summed E-state index contributed by atoms with van der Waals surface area (Å²) in [5, 5.41) is 10.4. The van der Waals surface area contributed by atoms with Gasteiger partial charge in [0.1, 0.15) is 0 Å². The maximum Gasteiger partial charge on any atom is 0.0892 e. The summed E-state index contributed by atoms with van der Waals surface area (Å²) in [5.74, 6) is 0. The van der Waals surface area contributed by atoms with Crippen molar-refractivity contribution >= 4 is 21.6 Å². The Bertz CT molecular complexity index is 459. The molecule has 15 heavy (non-hydrogen) atoms. The standard InChI is InChI=1S/C12H15NOS/c1-3-12(14,4-2)9-5-6-11-10(7-9)13-8-15-11/h5-8,14H,3-4H2,1-2H3. The van der Waals surface area contributed by atoms with Gasteiger partial charge in [-0.25, -0.2) is 4.98 Å². The Kier molecular flexibility index (Phi) is 2.76. The van der Waals surface area contributed by atoms with E-state index in [9.17, 15) is 5.11 Å². The maximum atomic E-state index is 10.4. The lowest BCUT2D eigenvalue weighted by atomic mass is 9.88. The van der Waals surface area contributed by atoms with Crippen LogP contribution in [0.25, 0.3) is 10.2 Å². The smallest absolute Gasteiger partial charge is 0.0892 e. The van der Waals surface area contributed by atoms with Gasteiger partial charge in [0.25, 0.3) is 0 Å². The van der Waals surface area contributed by atoms with Gasteiger partial charge in [-0.05, 0) is 30.5 Å². The Hall–Kier alpha value is -0.930. The summed E-state index contributed by atoms with van der Waals surface area (Å²) in [6, 6.07) is 6.05. The molecule has 0 bridgehead atoms. The Morgan fingerprint density at radius 1 is 1.33 bits per heavy atom. The first-order valence-corrected chi connectivity index (χ1v) is 6.13. The Morgan fingerprint density at radius 3 is 2.73 bits per heavy atom. The minimum absolute atomic E-state index is 0.697. The number of nitrogens with zero attached hydrogens (tertiary/aromatic N) is 1. The molecule has 2 rings (SSSR count). The largest absolute Gasteiger partial charge is 0.385 e. The van der Waals surface area contributed by atoms with E-state index in [0.29, 0.717) is 0 Å². The van der Waals surface area contributed by atoms with Gasteiger partial charge >= 0.3 is 0 Å². The molecule has 0 radical (unpaired) electrons. The SMILES string of the molecule is CCC(O)(CC)c1ccc2scnc2c1. The van der Waals surface area contributed by atoms with E-state index in [2.05, 4.69) is 4.98 Å². The number of aromatic nitrogens is 1. The lowest BCUT2D eigenvalue weighted by molar-refractivity contribution is 0.0285. The number of rotatable bonds is 3. The molecule has 0 atom stereocenters. The van der Waals surface area contributed by atoms with Crippen molar-refractivity contribution in [3.05, 3.63) is 29.3 Å². The molecule has 0 fully saturated rings. The fourth-order valence-electron chi connectivity index (χ4n) is 1.81. The number of hydrogen-bond acceptors (Lipinski definition) is 3. The van der Waals surface area contributed by atoms with E-state index in [-0.39, 0.29) is 0 Å². The van der Waals surface area contributed by atoms with Crippen molar-refractivity contribution in [1.82, 2.24) is 4.98 Å². The second-order valence-corrected chi connectivity index (χ2v) is 4.66. The van der Waals surface area contributed by atoms with E-state index >= 15 is 0 Å². The van der Waals surface area contributed by atoms with E-state index in [1.165, 1.54) is 4.70 Å². The minimum Gasteiger partial charge on any atom is -0.385 e. The number of thiazole rings is 1. The van der Waals surface area contributed by atoms with Gasteiger partial charge in [0, 0.05) is 0 Å². The average molecular weight is 221 g/mol. The number of aliphatic hydroxyl groups is 1. The van der Waals surface area contributed by atoms with Crippen LogP contribution < -0.4 is 0 Å². The Morgan fingerprint density at radius 2 is 2.07 bits per heavy atom. The van der Waals surface area contributed by atoms with Gasteiger partial charge in [-0.2, -0.15) is 0 Å². The number of fused-ring (bicyclic) bond motifs is 1. The third kappa shape index (κ3) is 1.77. The fourth-order valence-corrected chi connectivity index (χ4v) is 2.46. The minimum atomic E-state index is -0.697. The third-order valence-electron chi connectivity index (χ3n) is 3.04. The van der Waals surface area contributed by atoms with E-state index < -0.39 is 5.60 Å². The molecule has 1 heterocycles. The van der Waals surface area contributed by atoms with Crippen molar-refractivity contribution in [3.63, 3.8) is 0 Å². The molecule has 80 valence electrons. The van der Waals surface area contributed by atoms with Crippen molar-refractivity contribution in [2.45, 2.75) is 32.3 Å². The fraction of sp³-hybridized carbons (Fsp3) is 0.417. The van der Waals surface area contributed by atoms with Crippen LogP contribution in [-0.2, 0) is 5.60 Å². The summed E-state index contributed by atoms with van der Waals surface area (Å²) >= 11 is 1.63. The molecule has 0 unspecified atom stereocenters. The van der Waals surface area contributed by atoms with Gasteiger partial charge in [0.2, 0.25) is 0 Å². The molecule has 0 spiro atoms. The molecule has 0 saturated heterocycles. The average Bonchev–Trinajstić information content (AvgIpc) is 2.74. The highest BCUT2D eigenvalue weighted by molar-refractivity contribution is 7.16. The van der Waals surface area contributed by atoms with Crippen molar-refractivity contribution in [2.75, 3.05) is 0 Å². The van der Waals surface area contributed by atoms with Crippen LogP contribution in [0.5, 0.6) is 0 Å².